The molecule has 1 aromatic rings. The number of halogens is 3. The first kappa shape index (κ1) is 12.6. The first-order chi connectivity index (χ1) is 6.88. The standard InChI is InChI=1S/C7H9BrF2N2O2S/c1-2-15(13,14)5-3-11-12(7(5)8)4-6(9)10/h3,6H,2,4H2,1H3. The molecule has 0 unspecified atom stereocenters. The van der Waals surface area contributed by atoms with Crippen LogP contribution in [0.4, 0.5) is 8.78 Å². The fraction of sp³-hybridized carbons (Fsp3) is 0.571. The van der Waals surface area contributed by atoms with Gasteiger partial charge in [0.15, 0.2) is 9.84 Å². The topological polar surface area (TPSA) is 52.0 Å². The second-order valence-corrected chi connectivity index (χ2v) is 5.77. The Morgan fingerprint density at radius 2 is 2.20 bits per heavy atom. The molecule has 4 nitrogen and oxygen atoms in total. The van der Waals surface area contributed by atoms with Gasteiger partial charge < -0.3 is 0 Å². The quantitative estimate of drug-likeness (QED) is 0.851. The smallest absolute Gasteiger partial charge is 0.251 e. The molecule has 0 amide bonds. The molecule has 0 aliphatic carbocycles. The largest absolute Gasteiger partial charge is 0.257 e. The number of aromatic nitrogens is 2. The minimum Gasteiger partial charge on any atom is -0.251 e. The van der Waals surface area contributed by atoms with Crippen LogP contribution < -0.4 is 0 Å². The monoisotopic (exact) mass is 302 g/mol. The summed E-state index contributed by atoms with van der Waals surface area (Å²) >= 11 is 2.94. The molecule has 1 rings (SSSR count). The summed E-state index contributed by atoms with van der Waals surface area (Å²) in [6, 6.07) is 0. The lowest BCUT2D eigenvalue weighted by atomic mass is 10.6. The zero-order valence-corrected chi connectivity index (χ0v) is 10.2. The minimum atomic E-state index is -3.42. The highest BCUT2D eigenvalue weighted by Gasteiger charge is 2.21. The summed E-state index contributed by atoms with van der Waals surface area (Å²) in [5.41, 5.74) is 0. The maximum atomic E-state index is 12.1. The molecule has 1 heterocycles. The average molecular weight is 303 g/mol. The van der Waals surface area contributed by atoms with Gasteiger partial charge >= 0.3 is 0 Å². The Morgan fingerprint density at radius 1 is 1.60 bits per heavy atom. The number of sulfone groups is 1. The van der Waals surface area contributed by atoms with Crippen LogP contribution in [0.5, 0.6) is 0 Å². The molecule has 0 saturated heterocycles. The Morgan fingerprint density at radius 3 is 2.67 bits per heavy atom. The van der Waals surface area contributed by atoms with Crippen molar-refractivity contribution in [2.45, 2.75) is 24.8 Å². The van der Waals surface area contributed by atoms with Crippen molar-refractivity contribution in [2.75, 3.05) is 5.75 Å². The molecule has 0 bridgehead atoms. The highest BCUT2D eigenvalue weighted by Crippen LogP contribution is 2.23. The van der Waals surface area contributed by atoms with Gasteiger partial charge in [-0.15, -0.1) is 0 Å². The highest BCUT2D eigenvalue weighted by molar-refractivity contribution is 9.10. The molecule has 0 saturated carbocycles. The predicted molar refractivity (Wildman–Crippen MR) is 53.7 cm³/mol. The van der Waals surface area contributed by atoms with E-state index in [1.165, 1.54) is 6.92 Å². The zero-order chi connectivity index (χ0) is 11.6. The van der Waals surface area contributed by atoms with E-state index in [4.69, 9.17) is 0 Å². The molecule has 0 N–H and O–H groups in total. The lowest BCUT2D eigenvalue weighted by Crippen LogP contribution is -2.09. The molecule has 0 fully saturated rings. The summed E-state index contributed by atoms with van der Waals surface area (Å²) in [7, 11) is -3.42. The van der Waals surface area contributed by atoms with E-state index in [9.17, 15) is 17.2 Å². The third kappa shape index (κ3) is 2.75. The van der Waals surface area contributed by atoms with Gasteiger partial charge in [0.05, 0.1) is 11.9 Å². The second kappa shape index (κ2) is 4.56. The van der Waals surface area contributed by atoms with Gasteiger partial charge in [-0.05, 0) is 15.9 Å². The van der Waals surface area contributed by atoms with Gasteiger partial charge in [-0.25, -0.2) is 17.2 Å². The summed E-state index contributed by atoms with van der Waals surface area (Å²) < 4.78 is 48.0. The Labute approximate surface area is 94.3 Å². The van der Waals surface area contributed by atoms with Gasteiger partial charge in [-0.2, -0.15) is 5.10 Å². The number of nitrogens with zero attached hydrogens (tertiary/aromatic N) is 2. The van der Waals surface area contributed by atoms with Crippen LogP contribution in [0.15, 0.2) is 15.7 Å². The number of hydrogen-bond donors (Lipinski definition) is 0. The first-order valence-corrected chi connectivity index (χ1v) is 6.55. The van der Waals surface area contributed by atoms with Crippen molar-refractivity contribution < 1.29 is 17.2 Å². The van der Waals surface area contributed by atoms with Gasteiger partial charge in [-0.1, -0.05) is 6.92 Å². The van der Waals surface area contributed by atoms with Gasteiger partial charge in [0, 0.05) is 0 Å². The SMILES string of the molecule is CCS(=O)(=O)c1cnn(CC(F)F)c1Br. The molecule has 15 heavy (non-hydrogen) atoms. The molecular formula is C7H9BrF2N2O2S. The van der Waals surface area contributed by atoms with Crippen molar-refractivity contribution >= 4 is 25.8 Å². The third-order valence-electron chi connectivity index (χ3n) is 1.77. The number of hydrogen-bond acceptors (Lipinski definition) is 3. The molecule has 1 aromatic heterocycles. The molecule has 86 valence electrons. The highest BCUT2D eigenvalue weighted by atomic mass is 79.9. The molecule has 0 spiro atoms. The van der Waals surface area contributed by atoms with Crippen LogP contribution in [0.2, 0.25) is 0 Å². The van der Waals surface area contributed by atoms with E-state index in [0.29, 0.717) is 0 Å². The fourth-order valence-corrected chi connectivity index (χ4v) is 2.93. The molecule has 8 heteroatoms. The molecule has 0 atom stereocenters. The molecular weight excluding hydrogens is 294 g/mol. The minimum absolute atomic E-state index is 0.0503. The van der Waals surface area contributed by atoms with E-state index >= 15 is 0 Å². The van der Waals surface area contributed by atoms with Crippen molar-refractivity contribution in [3.05, 3.63) is 10.8 Å². The van der Waals surface area contributed by atoms with Gasteiger partial charge in [-0.3, -0.25) is 4.68 Å². The summed E-state index contributed by atoms with van der Waals surface area (Å²) in [4.78, 5) is -0.0503. The van der Waals surface area contributed by atoms with E-state index in [0.717, 1.165) is 10.9 Å². The fourth-order valence-electron chi connectivity index (χ4n) is 0.975. The van der Waals surface area contributed by atoms with E-state index < -0.39 is 22.8 Å². The average Bonchev–Trinajstić information content (AvgIpc) is 2.48. The maximum absolute atomic E-state index is 12.1. The van der Waals surface area contributed by atoms with Crippen LogP contribution >= 0.6 is 15.9 Å². The maximum Gasteiger partial charge on any atom is 0.257 e. The second-order valence-electron chi connectivity index (χ2n) is 2.78. The summed E-state index contributed by atoms with van der Waals surface area (Å²) in [6.45, 7) is 0.853. The summed E-state index contributed by atoms with van der Waals surface area (Å²) in [5, 5.41) is 3.58. The van der Waals surface area contributed by atoms with Crippen LogP contribution in [0.1, 0.15) is 6.92 Å². The Kier molecular flexibility index (Phi) is 3.82. The van der Waals surface area contributed by atoms with Crippen molar-refractivity contribution in [2.24, 2.45) is 0 Å². The first-order valence-electron chi connectivity index (χ1n) is 4.10. The van der Waals surface area contributed by atoms with Crippen LogP contribution in [0.3, 0.4) is 0 Å². The zero-order valence-electron chi connectivity index (χ0n) is 7.82. The van der Waals surface area contributed by atoms with Gasteiger partial charge in [0.2, 0.25) is 0 Å². The molecule has 0 aromatic carbocycles. The van der Waals surface area contributed by atoms with Crippen molar-refractivity contribution in [1.29, 1.82) is 0 Å². The van der Waals surface area contributed by atoms with E-state index in [2.05, 4.69) is 21.0 Å². The predicted octanol–water partition coefficient (Wildman–Crippen LogP) is 1.70. The van der Waals surface area contributed by atoms with Gasteiger partial charge in [0.1, 0.15) is 16.0 Å². The normalized spacial score (nSPS) is 12.3. The lowest BCUT2D eigenvalue weighted by Gasteiger charge is -2.02. The number of rotatable bonds is 4. The van der Waals surface area contributed by atoms with Crippen LogP contribution in [-0.2, 0) is 16.4 Å². The molecule has 0 aliphatic heterocycles. The number of alkyl halides is 2. The van der Waals surface area contributed by atoms with Crippen molar-refractivity contribution in [3.8, 4) is 0 Å². The van der Waals surface area contributed by atoms with Crippen LogP contribution in [0.25, 0.3) is 0 Å². The summed E-state index contributed by atoms with van der Waals surface area (Å²) in [6.07, 6.45) is -1.50. The Bertz CT molecular complexity index is 444. The lowest BCUT2D eigenvalue weighted by molar-refractivity contribution is 0.121. The summed E-state index contributed by atoms with van der Waals surface area (Å²) in [5.74, 6) is -0.0913. The van der Waals surface area contributed by atoms with Crippen LogP contribution in [0, 0.1) is 0 Å². The molecule has 0 radical (unpaired) electrons. The molecule has 0 aliphatic rings. The van der Waals surface area contributed by atoms with E-state index in [-0.39, 0.29) is 15.3 Å². The van der Waals surface area contributed by atoms with Crippen molar-refractivity contribution in [3.63, 3.8) is 0 Å². The van der Waals surface area contributed by atoms with Gasteiger partial charge in [0.25, 0.3) is 6.43 Å². The van der Waals surface area contributed by atoms with E-state index in [1.54, 1.807) is 0 Å². The Balaban J connectivity index is 3.10. The van der Waals surface area contributed by atoms with E-state index in [1.807, 2.05) is 0 Å². The van der Waals surface area contributed by atoms with Crippen LogP contribution in [-0.4, -0.2) is 30.4 Å². The third-order valence-corrected chi connectivity index (χ3v) is 4.60. The van der Waals surface area contributed by atoms with Crippen molar-refractivity contribution in [1.82, 2.24) is 9.78 Å². The Hall–Kier alpha value is -0.500.